The van der Waals surface area contributed by atoms with Crippen molar-refractivity contribution < 1.29 is 18.6 Å². The zero-order valence-electron chi connectivity index (χ0n) is 17.4. The number of anilines is 2. The molecule has 0 saturated carbocycles. The Bertz CT molecular complexity index is 1160. The molecule has 0 atom stereocenters. The number of aromatic nitrogens is 2. The second-order valence-corrected chi connectivity index (χ2v) is 6.90. The van der Waals surface area contributed by atoms with Gasteiger partial charge in [-0.2, -0.15) is 4.98 Å². The van der Waals surface area contributed by atoms with Gasteiger partial charge < -0.3 is 29.7 Å². The third-order valence-corrected chi connectivity index (χ3v) is 4.77. The molecule has 0 radical (unpaired) electrons. The Kier molecular flexibility index (Phi) is 6.18. The van der Waals surface area contributed by atoms with Crippen molar-refractivity contribution >= 4 is 22.7 Å². The van der Waals surface area contributed by atoms with Crippen LogP contribution < -0.4 is 20.5 Å². The molecule has 0 aliphatic rings. The number of hydrogen-bond acceptors (Lipinski definition) is 8. The van der Waals surface area contributed by atoms with Crippen LogP contribution in [0.5, 0.6) is 11.5 Å². The predicted molar refractivity (Wildman–Crippen MR) is 118 cm³/mol. The molecule has 31 heavy (non-hydrogen) atoms. The summed E-state index contributed by atoms with van der Waals surface area (Å²) in [6.45, 7) is 1.48. The number of benzene rings is 2. The molecule has 160 valence electrons. The lowest BCUT2D eigenvalue weighted by Crippen LogP contribution is -2.06. The number of ether oxygens (including phenoxy) is 3. The number of nitrogens with zero attached hydrogens (tertiary/aromatic N) is 2. The van der Waals surface area contributed by atoms with Gasteiger partial charge in [0.2, 0.25) is 5.95 Å². The lowest BCUT2D eigenvalue weighted by Gasteiger charge is -2.12. The van der Waals surface area contributed by atoms with Gasteiger partial charge in [0.05, 0.1) is 32.6 Å². The van der Waals surface area contributed by atoms with Crippen molar-refractivity contribution in [2.75, 3.05) is 25.3 Å². The number of fused-ring (bicyclic) bond motifs is 1. The lowest BCUT2D eigenvalue weighted by atomic mass is 10.1. The topological polar surface area (TPSA) is 105 Å². The van der Waals surface area contributed by atoms with Crippen molar-refractivity contribution in [2.24, 2.45) is 0 Å². The zero-order chi connectivity index (χ0) is 21.6. The van der Waals surface area contributed by atoms with Crippen molar-refractivity contribution in [3.8, 4) is 11.5 Å². The van der Waals surface area contributed by atoms with E-state index in [1.54, 1.807) is 32.6 Å². The third-order valence-electron chi connectivity index (χ3n) is 4.77. The summed E-state index contributed by atoms with van der Waals surface area (Å²) >= 11 is 0. The van der Waals surface area contributed by atoms with Crippen LogP contribution in [0.1, 0.15) is 16.9 Å². The van der Waals surface area contributed by atoms with E-state index in [1.165, 1.54) is 0 Å². The van der Waals surface area contributed by atoms with E-state index < -0.39 is 0 Å². The number of methoxy groups -OCH3 is 2. The van der Waals surface area contributed by atoms with E-state index in [1.807, 2.05) is 30.3 Å². The number of rotatable bonds is 9. The molecule has 8 nitrogen and oxygen atoms in total. The fraction of sp³-hybridized carbons (Fsp3) is 0.217. The van der Waals surface area contributed by atoms with Gasteiger partial charge in [0.25, 0.3) is 0 Å². The molecule has 0 aliphatic carbocycles. The van der Waals surface area contributed by atoms with E-state index in [-0.39, 0.29) is 0 Å². The van der Waals surface area contributed by atoms with Gasteiger partial charge in [0.1, 0.15) is 18.2 Å². The average molecular weight is 420 g/mol. The number of hydrogen-bond donors (Lipinski definition) is 2. The van der Waals surface area contributed by atoms with Crippen LogP contribution in [-0.4, -0.2) is 24.2 Å². The highest BCUT2D eigenvalue weighted by molar-refractivity contribution is 5.91. The molecule has 0 unspecified atom stereocenters. The Hall–Kier alpha value is -3.78. The Labute approximate surface area is 180 Å². The van der Waals surface area contributed by atoms with Gasteiger partial charge in [-0.05, 0) is 29.3 Å². The summed E-state index contributed by atoms with van der Waals surface area (Å²) in [5.41, 5.74) is 8.97. The molecular formula is C23H24N4O4. The number of nitrogens with one attached hydrogen (secondary N) is 1. The van der Waals surface area contributed by atoms with Crippen LogP contribution in [0.25, 0.3) is 10.9 Å². The summed E-state index contributed by atoms with van der Waals surface area (Å²) in [5.74, 6) is 2.78. The maximum atomic E-state index is 6.15. The van der Waals surface area contributed by atoms with Crippen LogP contribution in [0.15, 0.2) is 59.2 Å². The molecule has 2 heterocycles. The Morgan fingerprint density at radius 3 is 2.52 bits per heavy atom. The Balaban J connectivity index is 1.43. The van der Waals surface area contributed by atoms with Crippen LogP contribution >= 0.6 is 0 Å². The molecule has 2 aromatic carbocycles. The van der Waals surface area contributed by atoms with Gasteiger partial charge in [-0.15, -0.1) is 0 Å². The summed E-state index contributed by atoms with van der Waals surface area (Å²) in [4.78, 5) is 8.93. The molecule has 0 saturated heterocycles. The number of nitrogen functional groups attached to an aromatic ring is 1. The Morgan fingerprint density at radius 1 is 0.935 bits per heavy atom. The summed E-state index contributed by atoms with van der Waals surface area (Å²) in [7, 11) is 3.16. The molecule has 0 aliphatic heterocycles. The van der Waals surface area contributed by atoms with Gasteiger partial charge in [0.15, 0.2) is 11.5 Å². The summed E-state index contributed by atoms with van der Waals surface area (Å²) in [6.07, 6.45) is 1.64. The Morgan fingerprint density at radius 2 is 1.74 bits per heavy atom. The van der Waals surface area contributed by atoms with Crippen molar-refractivity contribution in [2.45, 2.75) is 19.8 Å². The van der Waals surface area contributed by atoms with Crippen LogP contribution in [0.3, 0.4) is 0 Å². The van der Waals surface area contributed by atoms with Gasteiger partial charge >= 0.3 is 0 Å². The molecule has 2 aromatic heterocycles. The van der Waals surface area contributed by atoms with E-state index >= 15 is 0 Å². The van der Waals surface area contributed by atoms with Crippen molar-refractivity contribution in [3.63, 3.8) is 0 Å². The van der Waals surface area contributed by atoms with E-state index in [9.17, 15) is 0 Å². The molecular weight excluding hydrogens is 396 g/mol. The smallest absolute Gasteiger partial charge is 0.225 e. The molecule has 0 fully saturated rings. The summed E-state index contributed by atoms with van der Waals surface area (Å²) in [6, 6.07) is 15.4. The van der Waals surface area contributed by atoms with Gasteiger partial charge in [-0.25, -0.2) is 4.98 Å². The van der Waals surface area contributed by atoms with Gasteiger partial charge in [-0.1, -0.05) is 24.3 Å². The molecule has 4 rings (SSSR count). The van der Waals surface area contributed by atoms with Crippen molar-refractivity contribution in [3.05, 3.63) is 71.7 Å². The predicted octanol–water partition coefficient (Wildman–Crippen LogP) is 4.15. The quantitative estimate of drug-likeness (QED) is 0.416. The lowest BCUT2D eigenvalue weighted by molar-refractivity contribution is 0.0929. The van der Waals surface area contributed by atoms with Gasteiger partial charge in [0, 0.05) is 18.0 Å². The molecule has 8 heteroatoms. The minimum absolute atomic E-state index is 0.369. The SMILES string of the molecule is COc1cc2nc(NCc3cccc(COCc4ccco4)c3)nc(N)c2cc1OC. The summed E-state index contributed by atoms with van der Waals surface area (Å²) in [5, 5.41) is 3.94. The minimum atomic E-state index is 0.369. The fourth-order valence-corrected chi connectivity index (χ4v) is 3.23. The van der Waals surface area contributed by atoms with E-state index in [0.717, 1.165) is 16.9 Å². The highest BCUT2D eigenvalue weighted by Gasteiger charge is 2.11. The fourth-order valence-electron chi connectivity index (χ4n) is 3.23. The van der Waals surface area contributed by atoms with E-state index in [2.05, 4.69) is 21.4 Å². The maximum absolute atomic E-state index is 6.15. The van der Waals surface area contributed by atoms with Gasteiger partial charge in [-0.3, -0.25) is 0 Å². The van der Waals surface area contributed by atoms with Crippen molar-refractivity contribution in [1.82, 2.24) is 9.97 Å². The molecule has 3 N–H and O–H groups in total. The monoisotopic (exact) mass is 420 g/mol. The maximum Gasteiger partial charge on any atom is 0.225 e. The standard InChI is InChI=1S/C23H24N4O4/c1-28-20-10-18-19(11-21(20)29-2)26-23(27-22(18)24)25-12-15-5-3-6-16(9-15)13-30-14-17-7-4-8-31-17/h3-11H,12-14H2,1-2H3,(H3,24,25,26,27). The van der Waals surface area contributed by atoms with Crippen LogP contribution in [0.2, 0.25) is 0 Å². The largest absolute Gasteiger partial charge is 0.493 e. The first-order valence-electron chi connectivity index (χ1n) is 9.77. The van der Waals surface area contributed by atoms with Crippen LogP contribution in [0.4, 0.5) is 11.8 Å². The third kappa shape index (κ3) is 4.87. The van der Waals surface area contributed by atoms with E-state index in [0.29, 0.717) is 53.9 Å². The first-order valence-corrected chi connectivity index (χ1v) is 9.77. The average Bonchev–Trinajstić information content (AvgIpc) is 3.31. The normalized spacial score (nSPS) is 10.9. The first-order chi connectivity index (χ1) is 15.2. The second-order valence-electron chi connectivity index (χ2n) is 6.90. The minimum Gasteiger partial charge on any atom is -0.493 e. The van der Waals surface area contributed by atoms with Crippen LogP contribution in [-0.2, 0) is 24.5 Å². The van der Waals surface area contributed by atoms with E-state index in [4.69, 9.17) is 24.4 Å². The molecule has 0 spiro atoms. The summed E-state index contributed by atoms with van der Waals surface area (Å²) < 4.78 is 21.7. The van der Waals surface area contributed by atoms with Crippen molar-refractivity contribution in [1.29, 1.82) is 0 Å². The number of furan rings is 1. The second kappa shape index (κ2) is 9.36. The highest BCUT2D eigenvalue weighted by Crippen LogP contribution is 2.33. The molecule has 0 bridgehead atoms. The molecule has 4 aromatic rings. The zero-order valence-corrected chi connectivity index (χ0v) is 17.4. The first kappa shape index (κ1) is 20.5. The highest BCUT2D eigenvalue weighted by atomic mass is 16.5. The molecule has 0 amide bonds. The number of nitrogens with two attached hydrogens (primary N) is 1. The van der Waals surface area contributed by atoms with Crippen LogP contribution in [0, 0.1) is 0 Å².